The van der Waals surface area contributed by atoms with Crippen molar-refractivity contribution in [1.82, 2.24) is 0 Å². The maximum absolute atomic E-state index is 12.1. The van der Waals surface area contributed by atoms with Crippen LogP contribution in [0.3, 0.4) is 0 Å². The molecule has 1 N–H and O–H groups in total. The quantitative estimate of drug-likeness (QED) is 0.642. The van der Waals surface area contributed by atoms with E-state index in [1.165, 1.54) is 17.3 Å². The zero-order chi connectivity index (χ0) is 20.6. The van der Waals surface area contributed by atoms with Crippen LogP contribution in [0.25, 0.3) is 0 Å². The second-order valence-corrected chi connectivity index (χ2v) is 10.6. The number of carbonyl (C=O) groups is 1. The Kier molecular flexibility index (Phi) is 6.16. The number of hydrogen-bond acceptors (Lipinski definition) is 3. The number of carbonyl (C=O) groups excluding carboxylic acids is 1. The summed E-state index contributed by atoms with van der Waals surface area (Å²) < 4.78 is 0. The van der Waals surface area contributed by atoms with E-state index in [0.29, 0.717) is 5.75 Å². The lowest BCUT2D eigenvalue weighted by atomic mass is 9.77. The summed E-state index contributed by atoms with van der Waals surface area (Å²) in [6.07, 6.45) is 0. The molecule has 0 fully saturated rings. The fourth-order valence-corrected chi connectivity index (χ4v) is 4.31. The van der Waals surface area contributed by atoms with Gasteiger partial charge < -0.3 is 5.11 Å². The number of rotatable bonds is 3. The fraction of sp³-hybridized carbons (Fsp3) is 0.458. The molecule has 3 heteroatoms. The molecule has 2 rings (SSSR count). The highest BCUT2D eigenvalue weighted by Gasteiger charge is 2.29. The van der Waals surface area contributed by atoms with Crippen molar-refractivity contribution in [2.75, 3.05) is 0 Å². The minimum Gasteiger partial charge on any atom is -0.507 e. The average Bonchev–Trinajstić information content (AvgIpc) is 2.51. The molecule has 0 radical (unpaired) electrons. The maximum atomic E-state index is 12.1. The van der Waals surface area contributed by atoms with Crippen LogP contribution in [0.2, 0.25) is 0 Å². The van der Waals surface area contributed by atoms with Crippen LogP contribution in [0.4, 0.5) is 0 Å². The maximum Gasteiger partial charge on any atom is 0.186 e. The molecule has 0 aliphatic rings. The Morgan fingerprint density at radius 3 is 1.85 bits per heavy atom. The Morgan fingerprint density at radius 2 is 1.44 bits per heavy atom. The van der Waals surface area contributed by atoms with Gasteiger partial charge in [-0.3, -0.25) is 4.79 Å². The molecule has 0 bridgehead atoms. The molecular formula is C24H32O2S. The van der Waals surface area contributed by atoms with Crippen molar-refractivity contribution >= 4 is 16.9 Å². The zero-order valence-electron chi connectivity index (χ0n) is 17.8. The van der Waals surface area contributed by atoms with E-state index in [4.69, 9.17) is 0 Å². The van der Waals surface area contributed by atoms with E-state index >= 15 is 0 Å². The van der Waals surface area contributed by atoms with E-state index in [1.54, 1.807) is 6.92 Å². The normalized spacial score (nSPS) is 13.5. The molecule has 0 spiro atoms. The number of aromatic hydroxyl groups is 1. The van der Waals surface area contributed by atoms with Gasteiger partial charge in [-0.05, 0) is 45.6 Å². The van der Waals surface area contributed by atoms with Crippen molar-refractivity contribution in [2.24, 2.45) is 0 Å². The van der Waals surface area contributed by atoms with Gasteiger partial charge in [0.25, 0.3) is 0 Å². The Hall–Kier alpha value is -1.74. The molecule has 0 aromatic heterocycles. The highest BCUT2D eigenvalue weighted by molar-refractivity contribution is 8.13. The number of aryl methyl sites for hydroxylation is 1. The third-order valence-electron chi connectivity index (χ3n) is 4.81. The Balaban J connectivity index is 2.79. The summed E-state index contributed by atoms with van der Waals surface area (Å²) in [5.74, 6) is 0.370. The molecule has 2 aromatic rings. The van der Waals surface area contributed by atoms with E-state index in [1.807, 2.05) is 12.1 Å². The molecule has 0 heterocycles. The van der Waals surface area contributed by atoms with Crippen molar-refractivity contribution in [2.45, 2.75) is 71.5 Å². The van der Waals surface area contributed by atoms with Crippen LogP contribution < -0.4 is 0 Å². The monoisotopic (exact) mass is 384 g/mol. The van der Waals surface area contributed by atoms with Crippen LogP contribution in [-0.2, 0) is 15.6 Å². The Labute approximate surface area is 168 Å². The van der Waals surface area contributed by atoms with Crippen molar-refractivity contribution in [3.8, 4) is 5.75 Å². The van der Waals surface area contributed by atoms with E-state index in [2.05, 4.69) is 72.7 Å². The molecule has 0 saturated carbocycles. The topological polar surface area (TPSA) is 37.3 Å². The van der Waals surface area contributed by atoms with Gasteiger partial charge in [0.05, 0.1) is 5.25 Å². The first-order valence-corrected chi connectivity index (χ1v) is 10.3. The molecule has 2 aromatic carbocycles. The molecule has 1 atom stereocenters. The molecule has 1 unspecified atom stereocenters. The Bertz CT molecular complexity index is 803. The predicted octanol–water partition coefficient (Wildman–Crippen LogP) is 6.66. The first kappa shape index (κ1) is 21.6. The largest absolute Gasteiger partial charge is 0.507 e. The Morgan fingerprint density at radius 1 is 0.963 bits per heavy atom. The average molecular weight is 385 g/mol. The number of phenolic OH excluding ortho intramolecular Hbond substituents is 1. The standard InChI is InChI=1S/C24H32O2S/c1-15-11-9-10-12-18(15)22(27-16(2)25)17-13-19(23(3,4)5)21(26)20(14-17)24(6,7)8/h9-14,22,26H,1-8H3. The second kappa shape index (κ2) is 7.71. The lowest BCUT2D eigenvalue weighted by Crippen LogP contribution is -2.18. The number of benzene rings is 2. The highest BCUT2D eigenvalue weighted by Crippen LogP contribution is 2.45. The van der Waals surface area contributed by atoms with Crippen LogP contribution in [-0.4, -0.2) is 10.2 Å². The summed E-state index contributed by atoms with van der Waals surface area (Å²) >= 11 is 1.34. The molecule has 146 valence electrons. The molecule has 0 amide bonds. The van der Waals surface area contributed by atoms with Gasteiger partial charge in [0, 0.05) is 6.92 Å². The van der Waals surface area contributed by atoms with Crippen molar-refractivity contribution in [1.29, 1.82) is 0 Å². The summed E-state index contributed by atoms with van der Waals surface area (Å²) in [6, 6.07) is 12.4. The number of thioether (sulfide) groups is 1. The van der Waals surface area contributed by atoms with E-state index in [9.17, 15) is 9.90 Å². The number of phenols is 1. The smallest absolute Gasteiger partial charge is 0.186 e. The molecule has 2 nitrogen and oxygen atoms in total. The molecule has 0 aliphatic heterocycles. The van der Waals surface area contributed by atoms with Gasteiger partial charge in [-0.2, -0.15) is 0 Å². The van der Waals surface area contributed by atoms with E-state index in [0.717, 1.165) is 22.3 Å². The second-order valence-electron chi connectivity index (χ2n) is 9.31. The van der Waals surface area contributed by atoms with E-state index < -0.39 is 0 Å². The van der Waals surface area contributed by atoms with Crippen LogP contribution in [0.15, 0.2) is 36.4 Å². The molecule has 0 aliphatic carbocycles. The summed E-state index contributed by atoms with van der Waals surface area (Å²) in [6.45, 7) is 16.4. The first-order valence-electron chi connectivity index (χ1n) is 9.43. The van der Waals surface area contributed by atoms with Gasteiger partial charge in [0.15, 0.2) is 5.12 Å². The molecule has 27 heavy (non-hydrogen) atoms. The zero-order valence-corrected chi connectivity index (χ0v) is 18.6. The van der Waals surface area contributed by atoms with Gasteiger partial charge in [0.2, 0.25) is 0 Å². The van der Waals surface area contributed by atoms with Gasteiger partial charge in [-0.15, -0.1) is 0 Å². The summed E-state index contributed by atoms with van der Waals surface area (Å²) in [4.78, 5) is 12.1. The SMILES string of the molecule is CC(=O)SC(c1cc(C(C)(C)C)c(O)c(C(C)(C)C)c1)c1ccccc1C. The van der Waals surface area contributed by atoms with Gasteiger partial charge in [0.1, 0.15) is 5.75 Å². The van der Waals surface area contributed by atoms with Crippen molar-refractivity contribution in [3.63, 3.8) is 0 Å². The van der Waals surface area contributed by atoms with Crippen molar-refractivity contribution in [3.05, 3.63) is 64.2 Å². The highest BCUT2D eigenvalue weighted by atomic mass is 32.2. The molecular weight excluding hydrogens is 352 g/mol. The number of hydrogen-bond donors (Lipinski definition) is 1. The fourth-order valence-electron chi connectivity index (χ4n) is 3.31. The minimum atomic E-state index is -0.197. The van der Waals surface area contributed by atoms with Crippen LogP contribution in [0, 0.1) is 6.92 Å². The van der Waals surface area contributed by atoms with Crippen LogP contribution >= 0.6 is 11.8 Å². The van der Waals surface area contributed by atoms with E-state index in [-0.39, 0.29) is 21.2 Å². The lowest BCUT2D eigenvalue weighted by Gasteiger charge is -2.30. The third-order valence-corrected chi connectivity index (χ3v) is 5.90. The third kappa shape index (κ3) is 4.95. The van der Waals surface area contributed by atoms with Gasteiger partial charge in [-0.25, -0.2) is 0 Å². The first-order chi connectivity index (χ1) is 12.3. The minimum absolute atomic E-state index is 0.0888. The van der Waals surface area contributed by atoms with Gasteiger partial charge in [-0.1, -0.05) is 89.7 Å². The van der Waals surface area contributed by atoms with Gasteiger partial charge >= 0.3 is 0 Å². The van der Waals surface area contributed by atoms with Crippen molar-refractivity contribution < 1.29 is 9.90 Å². The lowest BCUT2D eigenvalue weighted by molar-refractivity contribution is -0.109. The molecule has 0 saturated heterocycles. The summed E-state index contributed by atoms with van der Waals surface area (Å²) in [5, 5.41) is 11.0. The van der Waals surface area contributed by atoms with Crippen LogP contribution in [0.1, 0.15) is 81.5 Å². The summed E-state index contributed by atoms with van der Waals surface area (Å²) in [7, 11) is 0. The summed E-state index contributed by atoms with van der Waals surface area (Å²) in [5.41, 5.74) is 4.83. The predicted molar refractivity (Wildman–Crippen MR) is 117 cm³/mol. The van der Waals surface area contributed by atoms with Crippen LogP contribution in [0.5, 0.6) is 5.75 Å².